The molecule has 0 aliphatic rings. The molecule has 1 aromatic heterocycles. The lowest BCUT2D eigenvalue weighted by Gasteiger charge is -2.13. The molecule has 0 unspecified atom stereocenters. The van der Waals surface area contributed by atoms with Crippen molar-refractivity contribution in [2.75, 3.05) is 7.11 Å². The molecule has 0 atom stereocenters. The van der Waals surface area contributed by atoms with Crippen LogP contribution in [0.4, 0.5) is 13.2 Å². The first-order valence-electron chi connectivity index (χ1n) is 5.51. The summed E-state index contributed by atoms with van der Waals surface area (Å²) in [7, 11) is 1.30. The summed E-state index contributed by atoms with van der Waals surface area (Å²) in [4.78, 5) is 15.1. The summed E-state index contributed by atoms with van der Waals surface area (Å²) >= 11 is 5.90. The van der Waals surface area contributed by atoms with Crippen LogP contribution < -0.4 is 4.74 Å². The Kier molecular flexibility index (Phi) is 3.60. The quantitative estimate of drug-likeness (QED) is 0.783. The van der Waals surface area contributed by atoms with Crippen LogP contribution in [0.25, 0.3) is 10.9 Å². The number of ether oxygens (including phenoxy) is 1. The number of ketones is 1. The fourth-order valence-electron chi connectivity index (χ4n) is 1.87. The van der Waals surface area contributed by atoms with Gasteiger partial charge in [0.25, 0.3) is 0 Å². The summed E-state index contributed by atoms with van der Waals surface area (Å²) in [6, 6.07) is 3.54. The first-order valence-corrected chi connectivity index (χ1v) is 5.89. The van der Waals surface area contributed by atoms with E-state index in [0.29, 0.717) is 6.07 Å². The van der Waals surface area contributed by atoms with Gasteiger partial charge in [0.2, 0.25) is 0 Å². The lowest BCUT2D eigenvalue weighted by Crippen LogP contribution is -2.09. The van der Waals surface area contributed by atoms with Crippen LogP contribution >= 0.6 is 11.6 Å². The molecule has 0 spiro atoms. The van der Waals surface area contributed by atoms with Crippen molar-refractivity contribution in [2.24, 2.45) is 0 Å². The number of pyridine rings is 1. The van der Waals surface area contributed by atoms with E-state index in [-0.39, 0.29) is 33.0 Å². The van der Waals surface area contributed by atoms with Gasteiger partial charge in [-0.1, -0.05) is 11.6 Å². The first-order chi connectivity index (χ1) is 9.25. The van der Waals surface area contributed by atoms with Gasteiger partial charge in [-0.2, -0.15) is 13.2 Å². The minimum absolute atomic E-state index is 0.0833. The number of halogens is 4. The van der Waals surface area contributed by atoms with Crippen molar-refractivity contribution in [1.29, 1.82) is 0 Å². The number of alkyl halides is 3. The van der Waals surface area contributed by atoms with E-state index >= 15 is 0 Å². The van der Waals surface area contributed by atoms with Gasteiger partial charge in [0.05, 0.1) is 12.1 Å². The first kappa shape index (κ1) is 14.6. The van der Waals surface area contributed by atoms with Crippen LogP contribution in [0.3, 0.4) is 0 Å². The second kappa shape index (κ2) is 4.94. The molecule has 0 radical (unpaired) electrons. The highest BCUT2D eigenvalue weighted by Crippen LogP contribution is 2.37. The maximum atomic E-state index is 12.8. The Morgan fingerprint density at radius 2 is 2.00 bits per heavy atom. The number of aromatic nitrogens is 1. The number of nitrogens with zero attached hydrogens (tertiary/aromatic N) is 1. The maximum Gasteiger partial charge on any atom is 0.433 e. The van der Waals surface area contributed by atoms with Crippen molar-refractivity contribution in [3.05, 3.63) is 34.5 Å². The Morgan fingerprint density at radius 3 is 2.50 bits per heavy atom. The average molecular weight is 304 g/mol. The minimum atomic E-state index is -4.63. The minimum Gasteiger partial charge on any atom is -0.494 e. The van der Waals surface area contributed by atoms with Crippen LogP contribution in [-0.4, -0.2) is 17.9 Å². The molecule has 0 bridgehead atoms. The van der Waals surface area contributed by atoms with E-state index in [2.05, 4.69) is 4.98 Å². The van der Waals surface area contributed by atoms with Crippen LogP contribution in [0.5, 0.6) is 5.75 Å². The molecule has 0 saturated carbocycles. The summed E-state index contributed by atoms with van der Waals surface area (Å²) in [5, 5.41) is -0.0297. The van der Waals surface area contributed by atoms with E-state index < -0.39 is 11.9 Å². The van der Waals surface area contributed by atoms with E-state index in [0.717, 1.165) is 0 Å². The van der Waals surface area contributed by atoms with Crippen molar-refractivity contribution in [3.8, 4) is 5.75 Å². The zero-order chi connectivity index (χ0) is 15.1. The second-order valence-corrected chi connectivity index (χ2v) is 4.49. The SMILES string of the molecule is COc1ccc(C(C)=O)c2c(Cl)cc(C(F)(F)F)nc12. The zero-order valence-electron chi connectivity index (χ0n) is 10.5. The number of hydrogen-bond acceptors (Lipinski definition) is 3. The van der Waals surface area contributed by atoms with Crippen LogP contribution in [0.15, 0.2) is 18.2 Å². The number of rotatable bonds is 2. The van der Waals surface area contributed by atoms with E-state index in [9.17, 15) is 18.0 Å². The molecule has 0 saturated heterocycles. The predicted octanol–water partition coefficient (Wildman–Crippen LogP) is 4.12. The highest BCUT2D eigenvalue weighted by Gasteiger charge is 2.34. The number of carbonyl (C=O) groups excluding carboxylic acids is 1. The molecule has 2 rings (SSSR count). The van der Waals surface area contributed by atoms with Crippen LogP contribution in [0.1, 0.15) is 23.0 Å². The molecule has 7 heteroatoms. The van der Waals surface area contributed by atoms with Gasteiger partial charge < -0.3 is 4.74 Å². The number of carbonyl (C=O) groups is 1. The van der Waals surface area contributed by atoms with E-state index in [4.69, 9.17) is 16.3 Å². The van der Waals surface area contributed by atoms with Crippen molar-refractivity contribution in [3.63, 3.8) is 0 Å². The molecule has 0 aliphatic heterocycles. The van der Waals surface area contributed by atoms with Crippen molar-refractivity contribution < 1.29 is 22.7 Å². The normalized spacial score (nSPS) is 11.7. The van der Waals surface area contributed by atoms with E-state index in [1.165, 1.54) is 26.2 Å². The highest BCUT2D eigenvalue weighted by molar-refractivity contribution is 6.37. The van der Waals surface area contributed by atoms with Gasteiger partial charge in [0.15, 0.2) is 5.78 Å². The van der Waals surface area contributed by atoms with Gasteiger partial charge in [-0.05, 0) is 25.1 Å². The Morgan fingerprint density at radius 1 is 1.35 bits per heavy atom. The maximum absolute atomic E-state index is 12.8. The monoisotopic (exact) mass is 303 g/mol. The summed E-state index contributed by atoms with van der Waals surface area (Å²) < 4.78 is 43.3. The van der Waals surface area contributed by atoms with Crippen molar-refractivity contribution >= 4 is 28.3 Å². The topological polar surface area (TPSA) is 39.2 Å². The van der Waals surface area contributed by atoms with Gasteiger partial charge in [-0.25, -0.2) is 4.98 Å². The molecular weight excluding hydrogens is 295 g/mol. The number of fused-ring (bicyclic) bond motifs is 1. The zero-order valence-corrected chi connectivity index (χ0v) is 11.3. The Hall–Kier alpha value is -1.82. The second-order valence-electron chi connectivity index (χ2n) is 4.08. The van der Waals surface area contributed by atoms with Gasteiger partial charge in [0.1, 0.15) is 17.0 Å². The third-order valence-corrected chi connectivity index (χ3v) is 3.06. The molecule has 0 aliphatic carbocycles. The Balaban J connectivity index is 2.91. The molecule has 2 aromatic rings. The Bertz CT molecular complexity index is 698. The third kappa shape index (κ3) is 2.43. The largest absolute Gasteiger partial charge is 0.494 e. The molecular formula is C13H9ClF3NO2. The standard InChI is InChI=1S/C13H9ClF3NO2/c1-6(19)7-3-4-9(20-2)12-11(7)8(14)5-10(18-12)13(15,16)17/h3-5H,1-2H3. The predicted molar refractivity (Wildman–Crippen MR) is 68.3 cm³/mol. The van der Waals surface area contributed by atoms with Crippen molar-refractivity contribution in [2.45, 2.75) is 13.1 Å². The fraction of sp³-hybridized carbons (Fsp3) is 0.231. The summed E-state index contributed by atoms with van der Waals surface area (Å²) in [5.41, 5.74) is -1.01. The number of hydrogen-bond donors (Lipinski definition) is 0. The van der Waals surface area contributed by atoms with Gasteiger partial charge in [0, 0.05) is 10.9 Å². The number of methoxy groups -OCH3 is 1. The van der Waals surface area contributed by atoms with E-state index in [1.807, 2.05) is 0 Å². The van der Waals surface area contributed by atoms with Crippen molar-refractivity contribution in [1.82, 2.24) is 4.98 Å². The van der Waals surface area contributed by atoms with Crippen LogP contribution in [0, 0.1) is 0 Å². The van der Waals surface area contributed by atoms with Gasteiger partial charge in [-0.15, -0.1) is 0 Å². The molecule has 0 N–H and O–H groups in total. The molecule has 0 fully saturated rings. The molecule has 20 heavy (non-hydrogen) atoms. The molecule has 1 heterocycles. The molecule has 0 amide bonds. The van der Waals surface area contributed by atoms with Gasteiger partial charge in [-0.3, -0.25) is 4.79 Å². The summed E-state index contributed by atoms with van der Waals surface area (Å²) in [6.07, 6.45) is -4.63. The van der Waals surface area contributed by atoms with Crippen LogP contribution in [-0.2, 0) is 6.18 Å². The number of benzene rings is 1. The van der Waals surface area contributed by atoms with E-state index in [1.54, 1.807) is 0 Å². The average Bonchev–Trinajstić information content (AvgIpc) is 2.35. The fourth-order valence-corrected chi connectivity index (χ4v) is 2.17. The molecule has 1 aromatic carbocycles. The van der Waals surface area contributed by atoms with Crippen LogP contribution in [0.2, 0.25) is 5.02 Å². The summed E-state index contributed by atoms with van der Waals surface area (Å²) in [5.74, 6) is -0.195. The molecule has 106 valence electrons. The van der Waals surface area contributed by atoms with Gasteiger partial charge >= 0.3 is 6.18 Å². The molecule has 3 nitrogen and oxygen atoms in total. The Labute approximate surface area is 117 Å². The lowest BCUT2D eigenvalue weighted by atomic mass is 10.0. The lowest BCUT2D eigenvalue weighted by molar-refractivity contribution is -0.140. The number of Topliss-reactive ketones (excluding diaryl/α,β-unsaturated/α-hetero) is 1. The smallest absolute Gasteiger partial charge is 0.433 e. The third-order valence-electron chi connectivity index (χ3n) is 2.77. The summed E-state index contributed by atoms with van der Waals surface area (Å²) in [6.45, 7) is 1.30. The highest BCUT2D eigenvalue weighted by atomic mass is 35.5.